The molecule has 0 aliphatic carbocycles. The highest BCUT2D eigenvalue weighted by atomic mass is 35.5. The molecule has 196 valence electrons. The van der Waals surface area contributed by atoms with E-state index in [9.17, 15) is 18.8 Å². The Morgan fingerprint density at radius 3 is 2.58 bits per heavy atom. The first-order valence-corrected chi connectivity index (χ1v) is 11.5. The number of hydrogen-bond donors (Lipinski definition) is 2. The van der Waals surface area contributed by atoms with Crippen LogP contribution in [0.25, 0.3) is 0 Å². The van der Waals surface area contributed by atoms with Crippen molar-refractivity contribution in [3.63, 3.8) is 0 Å². The minimum Gasteiger partial charge on any atom is -0.469 e. The summed E-state index contributed by atoms with van der Waals surface area (Å²) >= 11 is 6.16. The Labute approximate surface area is 213 Å². The number of aromatic nitrogens is 3. The van der Waals surface area contributed by atoms with Crippen LogP contribution in [0.15, 0.2) is 24.7 Å². The molecule has 2 heterocycles. The van der Waals surface area contributed by atoms with Crippen LogP contribution in [-0.2, 0) is 25.6 Å². The van der Waals surface area contributed by atoms with Gasteiger partial charge in [-0.3, -0.25) is 14.6 Å². The fourth-order valence-electron chi connectivity index (χ4n) is 2.95. The molecule has 2 aromatic rings. The van der Waals surface area contributed by atoms with Crippen LogP contribution in [0.3, 0.4) is 0 Å². The lowest BCUT2D eigenvalue weighted by Crippen LogP contribution is -2.42. The van der Waals surface area contributed by atoms with Gasteiger partial charge in [0.15, 0.2) is 11.0 Å². The van der Waals surface area contributed by atoms with Crippen LogP contribution in [0.5, 0.6) is 0 Å². The molecule has 0 radical (unpaired) electrons. The first kappa shape index (κ1) is 28.7. The predicted octanol–water partition coefficient (Wildman–Crippen LogP) is 3.65. The third-order valence-corrected chi connectivity index (χ3v) is 4.97. The van der Waals surface area contributed by atoms with E-state index in [-0.39, 0.29) is 48.4 Å². The Bertz CT molecular complexity index is 1080. The van der Waals surface area contributed by atoms with Crippen molar-refractivity contribution in [1.29, 1.82) is 0 Å². The van der Waals surface area contributed by atoms with Crippen molar-refractivity contribution >= 4 is 41.1 Å². The summed E-state index contributed by atoms with van der Waals surface area (Å²) in [7, 11) is 1.25. The predicted molar refractivity (Wildman–Crippen MR) is 131 cm³/mol. The van der Waals surface area contributed by atoms with Gasteiger partial charge < -0.3 is 25.0 Å². The van der Waals surface area contributed by atoms with Crippen LogP contribution in [0.1, 0.15) is 39.8 Å². The smallest absolute Gasteiger partial charge is 0.410 e. The highest BCUT2D eigenvalue weighted by molar-refractivity contribution is 6.33. The summed E-state index contributed by atoms with van der Waals surface area (Å²) in [5.41, 5.74) is -0.529. The molecule has 13 heteroatoms. The molecule has 1 atom stereocenters. The van der Waals surface area contributed by atoms with E-state index < -0.39 is 35.3 Å². The fourth-order valence-corrected chi connectivity index (χ4v) is 3.13. The quantitative estimate of drug-likeness (QED) is 0.352. The van der Waals surface area contributed by atoms with E-state index in [0.29, 0.717) is 0 Å². The maximum atomic E-state index is 13.9. The van der Waals surface area contributed by atoms with E-state index in [0.717, 1.165) is 0 Å². The number of halogens is 2. The van der Waals surface area contributed by atoms with Gasteiger partial charge in [-0.15, -0.1) is 0 Å². The maximum absolute atomic E-state index is 13.9. The van der Waals surface area contributed by atoms with Gasteiger partial charge in [0.25, 0.3) is 0 Å². The fraction of sp³-hybridized carbons (Fsp3) is 0.478. The van der Waals surface area contributed by atoms with E-state index in [2.05, 4.69) is 25.6 Å². The zero-order valence-corrected chi connectivity index (χ0v) is 21.6. The lowest BCUT2D eigenvalue weighted by atomic mass is 10.1. The van der Waals surface area contributed by atoms with E-state index in [1.807, 2.05) is 0 Å². The van der Waals surface area contributed by atoms with Gasteiger partial charge in [0.2, 0.25) is 5.91 Å². The summed E-state index contributed by atoms with van der Waals surface area (Å²) < 4.78 is 24.0. The summed E-state index contributed by atoms with van der Waals surface area (Å²) in [6.45, 7) is 6.67. The summed E-state index contributed by atoms with van der Waals surface area (Å²) in [5, 5.41) is 5.46. The average molecular weight is 525 g/mol. The van der Waals surface area contributed by atoms with Gasteiger partial charge in [-0.05, 0) is 32.9 Å². The number of nitrogens with one attached hydrogen (secondary N) is 2. The summed E-state index contributed by atoms with van der Waals surface area (Å²) in [5.74, 6) is -1.97. The molecule has 2 rings (SSSR count). The van der Waals surface area contributed by atoms with Crippen LogP contribution in [0, 0.1) is 11.7 Å². The lowest BCUT2D eigenvalue weighted by Gasteiger charge is -2.28. The first-order valence-electron chi connectivity index (χ1n) is 11.1. The van der Waals surface area contributed by atoms with Crippen molar-refractivity contribution in [3.8, 4) is 0 Å². The molecule has 0 aliphatic heterocycles. The molecular weight excluding hydrogens is 495 g/mol. The molecule has 2 amide bonds. The minimum absolute atomic E-state index is 0.00742. The first-order chi connectivity index (χ1) is 16.9. The molecule has 2 aromatic heterocycles. The zero-order valence-electron chi connectivity index (χ0n) is 20.8. The zero-order chi connectivity index (χ0) is 26.9. The lowest BCUT2D eigenvalue weighted by molar-refractivity contribution is -0.145. The van der Waals surface area contributed by atoms with Crippen LogP contribution in [-0.4, -0.2) is 63.6 Å². The highest BCUT2D eigenvalue weighted by Crippen LogP contribution is 2.27. The van der Waals surface area contributed by atoms with Gasteiger partial charge in [-0.2, -0.15) is 0 Å². The largest absolute Gasteiger partial charge is 0.469 e. The van der Waals surface area contributed by atoms with Crippen molar-refractivity contribution in [2.75, 3.05) is 30.8 Å². The SMILES string of the molecule is COC(=O)C(C)CN(CCC(=O)Nc1c(Cl)ncnc1NCc1ncccc1F)C(=O)OC(C)(C)C. The number of carbonyl (C=O) groups is 3. The number of rotatable bonds is 10. The van der Waals surface area contributed by atoms with E-state index in [1.54, 1.807) is 27.7 Å². The molecule has 0 aliphatic rings. The Hall–Kier alpha value is -3.54. The summed E-state index contributed by atoms with van der Waals surface area (Å²) in [4.78, 5) is 50.4. The van der Waals surface area contributed by atoms with Crippen LogP contribution in [0.2, 0.25) is 5.15 Å². The van der Waals surface area contributed by atoms with Gasteiger partial charge in [0.1, 0.15) is 23.4 Å². The summed E-state index contributed by atoms with van der Waals surface area (Å²) in [6.07, 6.45) is 1.82. The van der Waals surface area contributed by atoms with Gasteiger partial charge in [-0.25, -0.2) is 19.2 Å². The van der Waals surface area contributed by atoms with Gasteiger partial charge in [0, 0.05) is 25.7 Å². The summed E-state index contributed by atoms with van der Waals surface area (Å²) in [6, 6.07) is 2.75. The van der Waals surface area contributed by atoms with Crippen LogP contribution in [0.4, 0.5) is 20.7 Å². The van der Waals surface area contributed by atoms with Crippen LogP contribution >= 0.6 is 11.6 Å². The average Bonchev–Trinajstić information content (AvgIpc) is 2.81. The third kappa shape index (κ3) is 8.91. The normalized spacial score (nSPS) is 11.9. The Morgan fingerprint density at radius 1 is 1.22 bits per heavy atom. The molecule has 0 saturated carbocycles. The number of carbonyl (C=O) groups excluding carboxylic acids is 3. The van der Waals surface area contributed by atoms with Gasteiger partial charge >= 0.3 is 12.1 Å². The number of pyridine rings is 1. The van der Waals surface area contributed by atoms with Crippen molar-refractivity contribution in [3.05, 3.63) is 41.3 Å². The molecule has 0 bridgehead atoms. The molecule has 11 nitrogen and oxygen atoms in total. The number of amides is 2. The third-order valence-electron chi connectivity index (χ3n) is 4.68. The second-order valence-electron chi connectivity index (χ2n) is 8.82. The van der Waals surface area contributed by atoms with Crippen molar-refractivity contribution in [1.82, 2.24) is 19.9 Å². The molecule has 0 fully saturated rings. The standard InChI is InChI=1S/C23H30ClFN6O5/c1-14(21(33)35-5)12-31(22(34)36-23(2,3)4)10-8-17(32)30-18-19(24)28-13-29-20(18)27-11-16-15(25)7-6-9-26-16/h6-7,9,13-14H,8,10-12H2,1-5H3,(H,30,32)(H,27,28,29). The number of hydrogen-bond acceptors (Lipinski definition) is 9. The Balaban J connectivity index is 2.09. The van der Waals surface area contributed by atoms with Crippen molar-refractivity contribution in [2.24, 2.45) is 5.92 Å². The molecule has 0 aromatic carbocycles. The molecular formula is C23H30ClFN6O5. The minimum atomic E-state index is -0.769. The molecule has 0 saturated heterocycles. The topological polar surface area (TPSA) is 136 Å². The van der Waals surface area contributed by atoms with E-state index in [1.165, 1.54) is 36.7 Å². The number of anilines is 2. The monoisotopic (exact) mass is 524 g/mol. The number of esters is 1. The second kappa shape index (κ2) is 13.0. The molecule has 0 spiro atoms. The molecule has 36 heavy (non-hydrogen) atoms. The number of ether oxygens (including phenoxy) is 2. The van der Waals surface area contributed by atoms with Gasteiger partial charge in [-0.1, -0.05) is 18.5 Å². The second-order valence-corrected chi connectivity index (χ2v) is 9.18. The van der Waals surface area contributed by atoms with Crippen LogP contribution < -0.4 is 10.6 Å². The van der Waals surface area contributed by atoms with Crippen molar-refractivity contribution in [2.45, 2.75) is 46.3 Å². The van der Waals surface area contributed by atoms with Gasteiger partial charge in [0.05, 0.1) is 25.3 Å². The molecule has 2 N–H and O–H groups in total. The molecule has 1 unspecified atom stereocenters. The highest BCUT2D eigenvalue weighted by Gasteiger charge is 2.27. The number of methoxy groups -OCH3 is 1. The van der Waals surface area contributed by atoms with Crippen molar-refractivity contribution < 1.29 is 28.2 Å². The Kier molecular flexibility index (Phi) is 10.3. The number of nitrogens with zero attached hydrogens (tertiary/aromatic N) is 4. The maximum Gasteiger partial charge on any atom is 0.410 e. The van der Waals surface area contributed by atoms with E-state index in [4.69, 9.17) is 21.1 Å². The van der Waals surface area contributed by atoms with E-state index >= 15 is 0 Å². The Morgan fingerprint density at radius 2 is 1.94 bits per heavy atom.